The van der Waals surface area contributed by atoms with Crippen LogP contribution in [0, 0.1) is 15.9 Å². The SMILES string of the molecule is C#CCOc1c(I)cc(/C=C2\SC(=NC(=O)c3ccccc3)C(C(=O)OCC)=C2O)cc1OCC. The van der Waals surface area contributed by atoms with E-state index in [1.54, 1.807) is 49.4 Å². The molecule has 2 aromatic rings. The molecule has 3 rings (SSSR count). The highest BCUT2D eigenvalue weighted by atomic mass is 127. The second-order valence-electron chi connectivity index (χ2n) is 6.90. The summed E-state index contributed by atoms with van der Waals surface area (Å²) in [5, 5.41) is 11.0. The first-order valence-electron chi connectivity index (χ1n) is 10.6. The largest absolute Gasteiger partial charge is 0.506 e. The van der Waals surface area contributed by atoms with E-state index in [2.05, 4.69) is 33.5 Å². The molecule has 0 bridgehead atoms. The number of aliphatic hydroxyl groups is 1. The number of carbonyl (C=O) groups excluding carboxylic acids is 2. The Labute approximate surface area is 221 Å². The lowest BCUT2D eigenvalue weighted by molar-refractivity contribution is -0.138. The second-order valence-corrected chi connectivity index (χ2v) is 9.09. The van der Waals surface area contributed by atoms with Gasteiger partial charge in [-0.2, -0.15) is 0 Å². The Kier molecular flexibility index (Phi) is 9.39. The number of hydrogen-bond acceptors (Lipinski definition) is 7. The van der Waals surface area contributed by atoms with Gasteiger partial charge in [-0.25, -0.2) is 9.79 Å². The molecule has 0 radical (unpaired) electrons. The number of benzene rings is 2. The van der Waals surface area contributed by atoms with Crippen molar-refractivity contribution in [3.63, 3.8) is 0 Å². The molecule has 0 aromatic heterocycles. The third-order valence-corrected chi connectivity index (χ3v) is 6.34. The van der Waals surface area contributed by atoms with Crippen LogP contribution < -0.4 is 9.47 Å². The topological polar surface area (TPSA) is 94.4 Å². The van der Waals surface area contributed by atoms with Crippen LogP contribution in [0.1, 0.15) is 29.8 Å². The van der Waals surface area contributed by atoms with Crippen LogP contribution in [0.2, 0.25) is 0 Å². The molecule has 7 nitrogen and oxygen atoms in total. The summed E-state index contributed by atoms with van der Waals surface area (Å²) in [5.74, 6) is 1.84. The molecule has 9 heteroatoms. The maximum atomic E-state index is 12.7. The van der Waals surface area contributed by atoms with Crippen molar-refractivity contribution in [2.45, 2.75) is 13.8 Å². The number of hydrogen-bond donors (Lipinski definition) is 1. The number of thioether (sulfide) groups is 1. The lowest BCUT2D eigenvalue weighted by Gasteiger charge is -2.13. The van der Waals surface area contributed by atoms with Crippen molar-refractivity contribution in [3.8, 4) is 23.8 Å². The highest BCUT2D eigenvalue weighted by Crippen LogP contribution is 2.41. The van der Waals surface area contributed by atoms with Gasteiger partial charge in [0, 0.05) is 5.56 Å². The van der Waals surface area contributed by atoms with Gasteiger partial charge in [0.2, 0.25) is 0 Å². The molecule has 0 unspecified atom stereocenters. The monoisotopic (exact) mass is 603 g/mol. The fourth-order valence-corrected chi connectivity index (χ4v) is 4.86. The zero-order valence-corrected chi connectivity index (χ0v) is 22.0. The number of aliphatic imine (C=N–C) groups is 1. The first-order chi connectivity index (χ1) is 16.9. The quantitative estimate of drug-likeness (QED) is 0.245. The van der Waals surface area contributed by atoms with E-state index >= 15 is 0 Å². The minimum Gasteiger partial charge on any atom is -0.506 e. The minimum atomic E-state index is -0.761. The van der Waals surface area contributed by atoms with Gasteiger partial charge in [-0.05, 0) is 72.3 Å². The summed E-state index contributed by atoms with van der Waals surface area (Å²) >= 11 is 3.11. The molecule has 0 saturated heterocycles. The Balaban J connectivity index is 2.04. The Morgan fingerprint density at radius 3 is 2.57 bits per heavy atom. The van der Waals surface area contributed by atoms with E-state index in [1.165, 1.54) is 0 Å². The van der Waals surface area contributed by atoms with Crippen molar-refractivity contribution < 1.29 is 28.9 Å². The molecular weight excluding hydrogens is 581 g/mol. The van der Waals surface area contributed by atoms with Crippen LogP contribution in [0.25, 0.3) is 6.08 Å². The van der Waals surface area contributed by atoms with Crippen LogP contribution in [0.3, 0.4) is 0 Å². The van der Waals surface area contributed by atoms with E-state index in [0.29, 0.717) is 34.1 Å². The van der Waals surface area contributed by atoms with Crippen molar-refractivity contribution in [2.24, 2.45) is 4.99 Å². The number of terminal acetylenes is 1. The highest BCUT2D eigenvalue weighted by Gasteiger charge is 2.34. The Bertz CT molecular complexity index is 1260. The number of rotatable bonds is 8. The molecular formula is C26H22INO6S. The summed E-state index contributed by atoms with van der Waals surface area (Å²) in [6.07, 6.45) is 6.98. The maximum Gasteiger partial charge on any atom is 0.344 e. The normalized spacial score (nSPS) is 15.3. The summed E-state index contributed by atoms with van der Waals surface area (Å²) in [6.45, 7) is 4.11. The van der Waals surface area contributed by atoms with Crippen molar-refractivity contribution in [2.75, 3.05) is 19.8 Å². The third kappa shape index (κ3) is 6.46. The maximum absolute atomic E-state index is 12.7. The molecule has 1 aliphatic rings. The van der Waals surface area contributed by atoms with Crippen LogP contribution in [-0.4, -0.2) is 41.8 Å². The predicted octanol–water partition coefficient (Wildman–Crippen LogP) is 5.40. The molecule has 1 N–H and O–H groups in total. The van der Waals surface area contributed by atoms with Crippen LogP contribution >= 0.6 is 34.4 Å². The summed E-state index contributed by atoms with van der Waals surface area (Å²) in [7, 11) is 0. The van der Waals surface area contributed by atoms with Crippen molar-refractivity contribution >= 4 is 57.3 Å². The third-order valence-electron chi connectivity index (χ3n) is 4.52. The van der Waals surface area contributed by atoms with Gasteiger partial charge in [0.25, 0.3) is 5.91 Å². The lowest BCUT2D eigenvalue weighted by atomic mass is 10.1. The number of carbonyl (C=O) groups is 2. The molecule has 1 amide bonds. The van der Waals surface area contributed by atoms with E-state index in [1.807, 2.05) is 13.0 Å². The zero-order valence-electron chi connectivity index (χ0n) is 19.0. The van der Waals surface area contributed by atoms with E-state index in [-0.39, 0.29) is 29.6 Å². The van der Waals surface area contributed by atoms with Gasteiger partial charge in [-0.1, -0.05) is 35.9 Å². The van der Waals surface area contributed by atoms with Crippen LogP contribution in [0.15, 0.2) is 63.7 Å². The first kappa shape index (κ1) is 26.4. The summed E-state index contributed by atoms with van der Waals surface area (Å²) in [4.78, 5) is 29.7. The van der Waals surface area contributed by atoms with Gasteiger partial charge in [0.1, 0.15) is 23.0 Å². The Morgan fingerprint density at radius 1 is 1.17 bits per heavy atom. The molecule has 180 valence electrons. The van der Waals surface area contributed by atoms with Gasteiger partial charge >= 0.3 is 5.97 Å². The molecule has 0 saturated carbocycles. The van der Waals surface area contributed by atoms with Gasteiger partial charge in [0.15, 0.2) is 11.5 Å². The number of esters is 1. The predicted molar refractivity (Wildman–Crippen MR) is 145 cm³/mol. The van der Waals surface area contributed by atoms with E-state index in [4.69, 9.17) is 20.6 Å². The smallest absolute Gasteiger partial charge is 0.344 e. The number of aliphatic hydroxyl groups excluding tert-OH is 1. The van der Waals surface area contributed by atoms with Crippen LogP contribution in [0.5, 0.6) is 11.5 Å². The fourth-order valence-electron chi connectivity index (χ4n) is 3.07. The van der Waals surface area contributed by atoms with Crippen LogP contribution in [-0.2, 0) is 9.53 Å². The lowest BCUT2D eigenvalue weighted by Crippen LogP contribution is -2.14. The molecule has 1 aliphatic heterocycles. The average Bonchev–Trinajstić information content (AvgIpc) is 3.13. The minimum absolute atomic E-state index is 0.0646. The number of amides is 1. The van der Waals surface area contributed by atoms with Gasteiger partial charge < -0.3 is 19.3 Å². The van der Waals surface area contributed by atoms with E-state index in [9.17, 15) is 14.7 Å². The molecule has 0 spiro atoms. The summed E-state index contributed by atoms with van der Waals surface area (Å²) in [5.41, 5.74) is 0.888. The number of nitrogens with zero attached hydrogens (tertiary/aromatic N) is 1. The van der Waals surface area contributed by atoms with Crippen molar-refractivity contribution in [1.82, 2.24) is 0 Å². The highest BCUT2D eigenvalue weighted by molar-refractivity contribution is 14.1. The van der Waals surface area contributed by atoms with Gasteiger partial charge in [-0.15, -0.1) is 6.42 Å². The second kappa shape index (κ2) is 12.5. The molecule has 0 fully saturated rings. The Hall–Kier alpha value is -3.23. The van der Waals surface area contributed by atoms with Gasteiger partial charge in [-0.3, -0.25) is 4.79 Å². The fraction of sp³-hybridized carbons (Fsp3) is 0.192. The average molecular weight is 603 g/mol. The molecule has 35 heavy (non-hydrogen) atoms. The van der Waals surface area contributed by atoms with Gasteiger partial charge in [0.05, 0.1) is 21.7 Å². The zero-order chi connectivity index (χ0) is 25.4. The molecule has 0 aliphatic carbocycles. The van der Waals surface area contributed by atoms with Crippen molar-refractivity contribution in [3.05, 3.63) is 73.4 Å². The summed E-state index contributed by atoms with van der Waals surface area (Å²) in [6, 6.07) is 12.0. The van der Waals surface area contributed by atoms with E-state index in [0.717, 1.165) is 15.3 Å². The summed E-state index contributed by atoms with van der Waals surface area (Å²) < 4.78 is 17.2. The molecule has 0 atom stereocenters. The first-order valence-corrected chi connectivity index (χ1v) is 12.5. The number of ether oxygens (including phenoxy) is 3. The van der Waals surface area contributed by atoms with E-state index < -0.39 is 11.9 Å². The molecule has 2 aromatic carbocycles. The number of halogens is 1. The van der Waals surface area contributed by atoms with Crippen LogP contribution in [0.4, 0.5) is 0 Å². The molecule has 1 heterocycles. The standard InChI is InChI=1S/C26H22INO6S/c1-4-12-34-23-18(27)13-16(14-19(23)32-5-2)15-20-22(29)21(26(31)33-6-3)25(35-20)28-24(30)17-10-8-7-9-11-17/h1,7-11,13-15,29H,5-6,12H2,2-3H3/b20-15-,28-25?. The Morgan fingerprint density at radius 2 is 1.91 bits per heavy atom. The van der Waals surface area contributed by atoms with Crippen molar-refractivity contribution in [1.29, 1.82) is 0 Å².